The van der Waals surface area contributed by atoms with Gasteiger partial charge >= 0.3 is 0 Å². The molecule has 1 atom stereocenters. The zero-order chi connectivity index (χ0) is 19.3. The molecular formula is C23H28ClN3O. The van der Waals surface area contributed by atoms with Crippen LogP contribution >= 0.6 is 11.6 Å². The maximum atomic E-state index is 6.14. The molecule has 0 spiro atoms. The van der Waals surface area contributed by atoms with Crippen molar-refractivity contribution in [2.75, 3.05) is 39.8 Å². The van der Waals surface area contributed by atoms with Crippen LogP contribution in [0.3, 0.4) is 0 Å². The Morgan fingerprint density at radius 1 is 1.29 bits per heavy atom. The average Bonchev–Trinajstić information content (AvgIpc) is 2.72. The summed E-state index contributed by atoms with van der Waals surface area (Å²) in [6.07, 6.45) is 7.64. The minimum atomic E-state index is 0.601. The van der Waals surface area contributed by atoms with Crippen molar-refractivity contribution in [1.82, 2.24) is 14.8 Å². The van der Waals surface area contributed by atoms with Gasteiger partial charge in [-0.3, -0.25) is 9.88 Å². The molecule has 1 saturated heterocycles. The highest BCUT2D eigenvalue weighted by molar-refractivity contribution is 6.30. The van der Waals surface area contributed by atoms with E-state index in [4.69, 9.17) is 16.3 Å². The number of pyridine rings is 1. The van der Waals surface area contributed by atoms with E-state index >= 15 is 0 Å². The molecule has 1 aromatic carbocycles. The van der Waals surface area contributed by atoms with Gasteiger partial charge in [-0.25, -0.2) is 0 Å². The van der Waals surface area contributed by atoms with Crippen LogP contribution in [0.25, 0.3) is 6.08 Å². The molecule has 3 heterocycles. The molecule has 5 heteroatoms. The molecule has 1 aromatic heterocycles. The summed E-state index contributed by atoms with van der Waals surface area (Å²) < 4.78 is 5.92. The van der Waals surface area contributed by atoms with Crippen LogP contribution in [0.2, 0.25) is 5.02 Å². The first kappa shape index (κ1) is 19.4. The van der Waals surface area contributed by atoms with Gasteiger partial charge in [-0.1, -0.05) is 17.7 Å². The second-order valence-electron chi connectivity index (χ2n) is 7.86. The van der Waals surface area contributed by atoms with E-state index in [9.17, 15) is 0 Å². The SMILES string of the molecule is CN(CCc1ccccn1)C1CCCN(CC2=Cc3cc(Cl)ccc3OC2)C1. The molecule has 28 heavy (non-hydrogen) atoms. The van der Waals surface area contributed by atoms with Crippen molar-refractivity contribution >= 4 is 17.7 Å². The van der Waals surface area contributed by atoms with Crippen LogP contribution in [0.4, 0.5) is 0 Å². The van der Waals surface area contributed by atoms with E-state index in [1.165, 1.54) is 24.1 Å². The molecule has 4 rings (SSSR count). The number of benzene rings is 1. The highest BCUT2D eigenvalue weighted by Crippen LogP contribution is 2.29. The van der Waals surface area contributed by atoms with Gasteiger partial charge in [0.25, 0.3) is 0 Å². The van der Waals surface area contributed by atoms with Gasteiger partial charge in [0.1, 0.15) is 12.4 Å². The molecule has 0 N–H and O–H groups in total. The van der Waals surface area contributed by atoms with Gasteiger partial charge < -0.3 is 9.64 Å². The second-order valence-corrected chi connectivity index (χ2v) is 8.29. The van der Waals surface area contributed by atoms with Crippen LogP contribution in [0, 0.1) is 0 Å². The van der Waals surface area contributed by atoms with Gasteiger partial charge in [0.2, 0.25) is 0 Å². The van der Waals surface area contributed by atoms with Crippen molar-refractivity contribution < 1.29 is 4.74 Å². The third-order valence-corrected chi connectivity index (χ3v) is 5.96. The number of hydrogen-bond acceptors (Lipinski definition) is 4. The van der Waals surface area contributed by atoms with Gasteiger partial charge in [-0.15, -0.1) is 0 Å². The molecule has 0 amide bonds. The molecule has 4 nitrogen and oxygen atoms in total. The first-order chi connectivity index (χ1) is 13.7. The third-order valence-electron chi connectivity index (χ3n) is 5.72. The Labute approximate surface area is 172 Å². The Bertz CT molecular complexity index is 824. The van der Waals surface area contributed by atoms with Crippen molar-refractivity contribution in [1.29, 1.82) is 0 Å². The summed E-state index contributed by atoms with van der Waals surface area (Å²) in [5, 5.41) is 0.757. The molecule has 2 aliphatic rings. The van der Waals surface area contributed by atoms with Crippen LogP contribution < -0.4 is 4.74 Å². The zero-order valence-electron chi connectivity index (χ0n) is 16.5. The predicted octanol–water partition coefficient (Wildman–Crippen LogP) is 4.15. The van der Waals surface area contributed by atoms with E-state index in [1.807, 2.05) is 30.5 Å². The summed E-state index contributed by atoms with van der Waals surface area (Å²) in [4.78, 5) is 9.51. The topological polar surface area (TPSA) is 28.6 Å². The summed E-state index contributed by atoms with van der Waals surface area (Å²) in [5.41, 5.74) is 3.59. The molecule has 148 valence electrons. The van der Waals surface area contributed by atoms with Crippen molar-refractivity contribution in [3.63, 3.8) is 0 Å². The molecule has 1 fully saturated rings. The number of hydrogen-bond donors (Lipinski definition) is 0. The zero-order valence-corrected chi connectivity index (χ0v) is 17.2. The van der Waals surface area contributed by atoms with Gasteiger partial charge in [0.15, 0.2) is 0 Å². The van der Waals surface area contributed by atoms with E-state index in [-0.39, 0.29) is 0 Å². The summed E-state index contributed by atoms with van der Waals surface area (Å²) >= 11 is 6.14. The molecule has 0 bridgehead atoms. The van der Waals surface area contributed by atoms with Crippen molar-refractivity contribution in [3.8, 4) is 5.75 Å². The third kappa shape index (κ3) is 4.93. The van der Waals surface area contributed by atoms with Crippen molar-refractivity contribution in [2.45, 2.75) is 25.3 Å². The maximum absolute atomic E-state index is 6.14. The van der Waals surface area contributed by atoms with E-state index in [2.05, 4.69) is 40.0 Å². The molecule has 1 unspecified atom stereocenters. The number of likely N-dealkylation sites (N-methyl/N-ethyl adjacent to an activating group) is 1. The highest BCUT2D eigenvalue weighted by Gasteiger charge is 2.24. The largest absolute Gasteiger partial charge is 0.489 e. The number of nitrogens with zero attached hydrogens (tertiary/aromatic N) is 3. The van der Waals surface area contributed by atoms with Crippen LogP contribution in [0.1, 0.15) is 24.1 Å². The monoisotopic (exact) mass is 397 g/mol. The smallest absolute Gasteiger partial charge is 0.127 e. The van der Waals surface area contributed by atoms with Gasteiger partial charge in [-0.2, -0.15) is 0 Å². The van der Waals surface area contributed by atoms with E-state index in [0.717, 1.165) is 48.9 Å². The minimum absolute atomic E-state index is 0.601. The Hall–Kier alpha value is -1.88. The summed E-state index contributed by atoms with van der Waals surface area (Å²) in [5.74, 6) is 0.930. The van der Waals surface area contributed by atoms with Gasteiger partial charge in [0, 0.05) is 54.6 Å². The quantitative estimate of drug-likeness (QED) is 0.732. The standard InChI is InChI=1S/C23H28ClN3O/c1-26(12-9-21-5-2-3-10-25-21)22-6-4-11-27(16-22)15-18-13-19-14-20(24)7-8-23(19)28-17-18/h2-3,5,7-8,10,13-14,22H,4,6,9,11-12,15-17H2,1H3. The number of rotatable bonds is 6. The number of likely N-dealkylation sites (tertiary alicyclic amines) is 1. The van der Waals surface area contributed by atoms with Crippen LogP contribution in [-0.2, 0) is 6.42 Å². The van der Waals surface area contributed by atoms with E-state index in [1.54, 1.807) is 0 Å². The molecular weight excluding hydrogens is 370 g/mol. The van der Waals surface area contributed by atoms with E-state index < -0.39 is 0 Å². The Morgan fingerprint density at radius 3 is 3.07 bits per heavy atom. The summed E-state index contributed by atoms with van der Waals surface area (Å²) in [6, 6.07) is 12.6. The van der Waals surface area contributed by atoms with Crippen LogP contribution in [0.15, 0.2) is 48.2 Å². The molecule has 2 aromatic rings. The lowest BCUT2D eigenvalue weighted by molar-refractivity contribution is 0.122. The van der Waals surface area contributed by atoms with Crippen molar-refractivity contribution in [2.24, 2.45) is 0 Å². The first-order valence-corrected chi connectivity index (χ1v) is 10.5. The lowest BCUT2D eigenvalue weighted by atomic mass is 10.0. The van der Waals surface area contributed by atoms with Crippen LogP contribution in [-0.4, -0.2) is 60.7 Å². The Kier molecular flexibility index (Phi) is 6.30. The Balaban J connectivity index is 1.32. The number of ether oxygens (including phenoxy) is 1. The summed E-state index contributed by atoms with van der Waals surface area (Å²) in [7, 11) is 2.25. The van der Waals surface area contributed by atoms with Gasteiger partial charge in [0.05, 0.1) is 0 Å². The fourth-order valence-corrected chi connectivity index (χ4v) is 4.31. The minimum Gasteiger partial charge on any atom is -0.489 e. The van der Waals surface area contributed by atoms with Crippen LogP contribution in [0.5, 0.6) is 5.75 Å². The number of piperidine rings is 1. The normalized spacial score (nSPS) is 19.8. The maximum Gasteiger partial charge on any atom is 0.127 e. The lowest BCUT2D eigenvalue weighted by Gasteiger charge is -2.38. The molecule has 2 aliphatic heterocycles. The highest BCUT2D eigenvalue weighted by atomic mass is 35.5. The molecule has 0 aliphatic carbocycles. The number of fused-ring (bicyclic) bond motifs is 1. The fraction of sp³-hybridized carbons (Fsp3) is 0.435. The first-order valence-electron chi connectivity index (χ1n) is 10.1. The van der Waals surface area contributed by atoms with E-state index in [0.29, 0.717) is 12.6 Å². The molecule has 0 saturated carbocycles. The second kappa shape index (κ2) is 9.08. The predicted molar refractivity (Wildman–Crippen MR) is 115 cm³/mol. The number of halogens is 1. The molecule has 0 radical (unpaired) electrons. The number of aromatic nitrogens is 1. The summed E-state index contributed by atoms with van der Waals surface area (Å²) in [6.45, 7) is 4.96. The lowest BCUT2D eigenvalue weighted by Crippen LogP contribution is -2.47. The average molecular weight is 398 g/mol. The fourth-order valence-electron chi connectivity index (χ4n) is 4.13. The van der Waals surface area contributed by atoms with Crippen molar-refractivity contribution in [3.05, 3.63) is 64.4 Å². The Morgan fingerprint density at radius 2 is 2.21 bits per heavy atom. The van der Waals surface area contributed by atoms with Gasteiger partial charge in [-0.05, 0) is 68.4 Å².